The Morgan fingerprint density at radius 1 is 1.44 bits per heavy atom. The lowest BCUT2D eigenvalue weighted by atomic mass is 9.61. The highest BCUT2D eigenvalue weighted by Gasteiger charge is 2.39. The van der Waals surface area contributed by atoms with Gasteiger partial charge in [0.1, 0.15) is 0 Å². The fraction of sp³-hybridized carbons (Fsp3) is 0.667. The third-order valence-corrected chi connectivity index (χ3v) is 4.77. The standard InChI is InChI=1S/C15H22O3/c1-9-3-5-13(10(2)8-16)14-7-11(15(17)18)4-6-12(9)14/h7,9,12-14,16H,2-6,8H2,1H3,(H,17,18)/t9-,12+,13+,14+/m0/s1. The van der Waals surface area contributed by atoms with Crippen molar-refractivity contribution >= 4 is 5.97 Å². The summed E-state index contributed by atoms with van der Waals surface area (Å²) >= 11 is 0. The fourth-order valence-corrected chi connectivity index (χ4v) is 3.65. The number of fused-ring (bicyclic) bond motifs is 1. The fourth-order valence-electron chi connectivity index (χ4n) is 3.65. The molecule has 1 fully saturated rings. The first-order chi connectivity index (χ1) is 8.54. The molecule has 0 amide bonds. The smallest absolute Gasteiger partial charge is 0.331 e. The Kier molecular flexibility index (Phi) is 3.91. The Balaban J connectivity index is 2.27. The minimum Gasteiger partial charge on any atom is -0.478 e. The van der Waals surface area contributed by atoms with Crippen molar-refractivity contribution < 1.29 is 15.0 Å². The first-order valence-corrected chi connectivity index (χ1v) is 6.77. The van der Waals surface area contributed by atoms with Crippen molar-refractivity contribution in [3.05, 3.63) is 23.8 Å². The van der Waals surface area contributed by atoms with E-state index in [4.69, 9.17) is 5.11 Å². The monoisotopic (exact) mass is 250 g/mol. The van der Waals surface area contributed by atoms with E-state index in [2.05, 4.69) is 13.5 Å². The number of aliphatic hydroxyl groups excluding tert-OH is 1. The quantitative estimate of drug-likeness (QED) is 0.757. The number of aliphatic carboxylic acids is 1. The Hall–Kier alpha value is -1.09. The number of hydrogen-bond acceptors (Lipinski definition) is 2. The molecule has 2 aliphatic carbocycles. The van der Waals surface area contributed by atoms with Crippen LogP contribution in [0, 0.1) is 23.7 Å². The van der Waals surface area contributed by atoms with Crippen molar-refractivity contribution in [2.45, 2.75) is 32.6 Å². The molecule has 2 rings (SSSR count). The summed E-state index contributed by atoms with van der Waals surface area (Å²) in [6, 6.07) is 0. The molecule has 0 heterocycles. The number of carboxylic acids is 1. The van der Waals surface area contributed by atoms with Crippen molar-refractivity contribution in [2.24, 2.45) is 23.7 Å². The second-order valence-corrected chi connectivity index (χ2v) is 5.75. The number of allylic oxidation sites excluding steroid dienone is 1. The Labute approximate surface area is 108 Å². The first-order valence-electron chi connectivity index (χ1n) is 6.77. The van der Waals surface area contributed by atoms with Crippen LogP contribution in [0.15, 0.2) is 23.8 Å². The van der Waals surface area contributed by atoms with Crippen LogP contribution in [0.2, 0.25) is 0 Å². The molecule has 0 aliphatic heterocycles. The lowest BCUT2D eigenvalue weighted by Crippen LogP contribution is -2.36. The van der Waals surface area contributed by atoms with E-state index in [1.54, 1.807) is 0 Å². The Bertz CT molecular complexity index is 383. The zero-order chi connectivity index (χ0) is 13.3. The largest absolute Gasteiger partial charge is 0.478 e. The summed E-state index contributed by atoms with van der Waals surface area (Å²) in [5, 5.41) is 18.4. The van der Waals surface area contributed by atoms with Gasteiger partial charge >= 0.3 is 5.97 Å². The predicted octanol–water partition coefficient (Wildman–Crippen LogP) is 2.62. The number of aliphatic hydroxyl groups is 1. The molecule has 0 aromatic rings. The summed E-state index contributed by atoms with van der Waals surface area (Å²) in [4.78, 5) is 11.1. The van der Waals surface area contributed by atoms with Gasteiger partial charge in [-0.15, -0.1) is 0 Å². The van der Waals surface area contributed by atoms with Crippen molar-refractivity contribution in [1.29, 1.82) is 0 Å². The zero-order valence-electron chi connectivity index (χ0n) is 10.9. The van der Waals surface area contributed by atoms with E-state index < -0.39 is 5.97 Å². The van der Waals surface area contributed by atoms with Gasteiger partial charge in [0.05, 0.1) is 6.61 Å². The van der Waals surface area contributed by atoms with Crippen LogP contribution in [-0.4, -0.2) is 22.8 Å². The summed E-state index contributed by atoms with van der Waals surface area (Å²) in [6.45, 7) is 6.23. The van der Waals surface area contributed by atoms with Gasteiger partial charge in [0.2, 0.25) is 0 Å². The number of carbonyl (C=O) groups is 1. The maximum atomic E-state index is 11.1. The lowest BCUT2D eigenvalue weighted by Gasteiger charge is -2.44. The van der Waals surface area contributed by atoms with E-state index in [0.717, 1.165) is 24.8 Å². The van der Waals surface area contributed by atoms with Crippen LogP contribution >= 0.6 is 0 Å². The topological polar surface area (TPSA) is 57.5 Å². The summed E-state index contributed by atoms with van der Waals surface area (Å²) in [7, 11) is 0. The van der Waals surface area contributed by atoms with Gasteiger partial charge in [0.15, 0.2) is 0 Å². The molecule has 0 aromatic carbocycles. The average molecular weight is 250 g/mol. The molecule has 100 valence electrons. The molecule has 0 radical (unpaired) electrons. The number of carboxylic acid groups (broad SMARTS) is 1. The van der Waals surface area contributed by atoms with Crippen LogP contribution in [0.1, 0.15) is 32.6 Å². The lowest BCUT2D eigenvalue weighted by molar-refractivity contribution is -0.133. The van der Waals surface area contributed by atoms with Gasteiger partial charge in [-0.3, -0.25) is 0 Å². The van der Waals surface area contributed by atoms with Crippen LogP contribution in [0.4, 0.5) is 0 Å². The Morgan fingerprint density at radius 2 is 2.17 bits per heavy atom. The summed E-state index contributed by atoms with van der Waals surface area (Å²) < 4.78 is 0. The maximum Gasteiger partial charge on any atom is 0.331 e. The van der Waals surface area contributed by atoms with Gasteiger partial charge in [-0.25, -0.2) is 4.79 Å². The third-order valence-electron chi connectivity index (χ3n) is 4.77. The minimum atomic E-state index is -0.792. The van der Waals surface area contributed by atoms with Gasteiger partial charge in [0, 0.05) is 5.57 Å². The highest BCUT2D eigenvalue weighted by Crippen LogP contribution is 2.47. The summed E-state index contributed by atoms with van der Waals surface area (Å²) in [5.74, 6) is 0.915. The van der Waals surface area contributed by atoms with Gasteiger partial charge in [-0.05, 0) is 54.9 Å². The highest BCUT2D eigenvalue weighted by molar-refractivity contribution is 5.86. The average Bonchev–Trinajstić information content (AvgIpc) is 2.38. The van der Waals surface area contributed by atoms with E-state index >= 15 is 0 Å². The van der Waals surface area contributed by atoms with Gasteiger partial charge < -0.3 is 10.2 Å². The molecule has 4 atom stereocenters. The van der Waals surface area contributed by atoms with Gasteiger partial charge in [0.25, 0.3) is 0 Å². The van der Waals surface area contributed by atoms with Gasteiger partial charge in [-0.2, -0.15) is 0 Å². The van der Waals surface area contributed by atoms with E-state index in [0.29, 0.717) is 23.8 Å². The predicted molar refractivity (Wildman–Crippen MR) is 70.0 cm³/mol. The van der Waals surface area contributed by atoms with E-state index in [1.165, 1.54) is 0 Å². The third kappa shape index (κ3) is 2.37. The number of rotatable bonds is 3. The molecular formula is C15H22O3. The van der Waals surface area contributed by atoms with Crippen LogP contribution in [0.3, 0.4) is 0 Å². The molecule has 18 heavy (non-hydrogen) atoms. The second kappa shape index (κ2) is 5.27. The molecule has 0 saturated heterocycles. The normalized spacial score (nSPS) is 35.6. The minimum absolute atomic E-state index is 0.0124. The van der Waals surface area contributed by atoms with E-state index in [1.807, 2.05) is 6.08 Å². The van der Waals surface area contributed by atoms with Crippen molar-refractivity contribution in [2.75, 3.05) is 6.61 Å². The van der Waals surface area contributed by atoms with E-state index in [-0.39, 0.29) is 18.4 Å². The van der Waals surface area contributed by atoms with Crippen LogP contribution < -0.4 is 0 Å². The number of hydrogen-bond donors (Lipinski definition) is 2. The van der Waals surface area contributed by atoms with Crippen molar-refractivity contribution in [1.82, 2.24) is 0 Å². The molecule has 2 aliphatic rings. The van der Waals surface area contributed by atoms with Crippen molar-refractivity contribution in [3.8, 4) is 0 Å². The first kappa shape index (κ1) is 13.3. The molecule has 1 saturated carbocycles. The van der Waals surface area contributed by atoms with Crippen LogP contribution in [0.5, 0.6) is 0 Å². The molecule has 3 nitrogen and oxygen atoms in total. The molecular weight excluding hydrogens is 228 g/mol. The molecule has 2 N–H and O–H groups in total. The summed E-state index contributed by atoms with van der Waals surface area (Å²) in [6.07, 6.45) is 5.75. The zero-order valence-corrected chi connectivity index (χ0v) is 10.9. The van der Waals surface area contributed by atoms with E-state index in [9.17, 15) is 9.90 Å². The molecule has 0 bridgehead atoms. The Morgan fingerprint density at radius 3 is 2.78 bits per heavy atom. The molecule has 0 aromatic heterocycles. The van der Waals surface area contributed by atoms with Crippen molar-refractivity contribution in [3.63, 3.8) is 0 Å². The SMILES string of the molecule is C=C(CO)[C@H]1CC[C@H](C)[C@H]2CCC(C(=O)O)=C[C@H]21. The highest BCUT2D eigenvalue weighted by atomic mass is 16.4. The van der Waals surface area contributed by atoms with Crippen LogP contribution in [-0.2, 0) is 4.79 Å². The molecule has 0 spiro atoms. The second-order valence-electron chi connectivity index (χ2n) is 5.75. The summed E-state index contributed by atoms with van der Waals surface area (Å²) in [5.41, 5.74) is 1.40. The molecule has 3 heteroatoms. The van der Waals surface area contributed by atoms with Gasteiger partial charge in [-0.1, -0.05) is 19.6 Å². The molecule has 0 unspecified atom stereocenters. The van der Waals surface area contributed by atoms with Crippen LogP contribution in [0.25, 0.3) is 0 Å². The maximum absolute atomic E-state index is 11.1.